The van der Waals surface area contributed by atoms with Crippen molar-refractivity contribution in [3.05, 3.63) is 28.8 Å². The van der Waals surface area contributed by atoms with E-state index in [4.69, 9.17) is 9.47 Å². The molecule has 1 fully saturated rings. The highest BCUT2D eigenvalue weighted by Crippen LogP contribution is 2.39. The Labute approximate surface area is 144 Å². The number of benzene rings is 1. The van der Waals surface area contributed by atoms with Gasteiger partial charge in [0.15, 0.2) is 0 Å². The van der Waals surface area contributed by atoms with Gasteiger partial charge in [0.2, 0.25) is 5.13 Å². The fourth-order valence-corrected chi connectivity index (χ4v) is 3.52. The van der Waals surface area contributed by atoms with Gasteiger partial charge in [-0.1, -0.05) is 11.3 Å². The molecule has 24 heavy (non-hydrogen) atoms. The molecule has 0 bridgehead atoms. The number of nitrogens with one attached hydrogen (secondary N) is 1. The van der Waals surface area contributed by atoms with Gasteiger partial charge >= 0.3 is 6.03 Å². The molecule has 128 valence electrons. The first kappa shape index (κ1) is 16.5. The molecule has 1 saturated heterocycles. The molecule has 2 amide bonds. The minimum Gasteiger partial charge on any atom is -0.497 e. The van der Waals surface area contributed by atoms with Crippen LogP contribution in [0.15, 0.2) is 18.2 Å². The Kier molecular flexibility index (Phi) is 4.84. The third kappa shape index (κ3) is 3.28. The largest absolute Gasteiger partial charge is 0.497 e. The molecule has 8 heteroatoms. The number of anilines is 1. The van der Waals surface area contributed by atoms with E-state index in [9.17, 15) is 4.79 Å². The zero-order valence-corrected chi connectivity index (χ0v) is 14.7. The van der Waals surface area contributed by atoms with E-state index in [0.29, 0.717) is 11.7 Å². The minimum absolute atomic E-state index is 0.0279. The highest BCUT2D eigenvalue weighted by molar-refractivity contribution is 7.15. The van der Waals surface area contributed by atoms with Crippen LogP contribution >= 0.6 is 11.3 Å². The first-order valence-corrected chi connectivity index (χ1v) is 8.53. The highest BCUT2D eigenvalue weighted by Gasteiger charge is 2.32. The normalized spacial score (nSPS) is 17.0. The summed E-state index contributed by atoms with van der Waals surface area (Å²) >= 11 is 1.36. The summed E-state index contributed by atoms with van der Waals surface area (Å²) in [6.07, 6.45) is 1.84. The van der Waals surface area contributed by atoms with Gasteiger partial charge in [0.25, 0.3) is 0 Å². The topological polar surface area (TPSA) is 76.6 Å². The molecule has 1 aromatic heterocycles. The molecule has 2 heterocycles. The number of amides is 2. The lowest BCUT2D eigenvalue weighted by Crippen LogP contribution is -2.34. The quantitative estimate of drug-likeness (QED) is 0.918. The molecule has 0 radical (unpaired) electrons. The molecule has 1 aliphatic heterocycles. The van der Waals surface area contributed by atoms with E-state index in [1.165, 1.54) is 11.3 Å². The molecule has 0 spiro atoms. The van der Waals surface area contributed by atoms with Gasteiger partial charge < -0.3 is 14.4 Å². The summed E-state index contributed by atoms with van der Waals surface area (Å²) in [6.45, 7) is 2.55. The summed E-state index contributed by atoms with van der Waals surface area (Å²) < 4.78 is 10.7. The minimum atomic E-state index is -0.161. The van der Waals surface area contributed by atoms with Crippen LogP contribution in [0.1, 0.15) is 29.5 Å². The van der Waals surface area contributed by atoms with Gasteiger partial charge in [0, 0.05) is 18.2 Å². The van der Waals surface area contributed by atoms with Crippen molar-refractivity contribution in [3.8, 4) is 11.5 Å². The molecule has 0 aliphatic carbocycles. The van der Waals surface area contributed by atoms with Gasteiger partial charge in [0.1, 0.15) is 16.5 Å². The van der Waals surface area contributed by atoms with E-state index in [1.54, 1.807) is 14.2 Å². The summed E-state index contributed by atoms with van der Waals surface area (Å²) in [5, 5.41) is 12.0. The number of ether oxygens (including phenoxy) is 2. The lowest BCUT2D eigenvalue weighted by molar-refractivity contribution is 0.206. The second-order valence-electron chi connectivity index (χ2n) is 5.52. The molecule has 3 rings (SSSR count). The molecular formula is C16H20N4O3S. The van der Waals surface area contributed by atoms with Crippen molar-refractivity contribution in [2.75, 3.05) is 26.1 Å². The van der Waals surface area contributed by atoms with E-state index >= 15 is 0 Å². The van der Waals surface area contributed by atoms with Crippen molar-refractivity contribution >= 4 is 22.5 Å². The summed E-state index contributed by atoms with van der Waals surface area (Å²) in [7, 11) is 3.25. The maximum atomic E-state index is 12.6. The van der Waals surface area contributed by atoms with Gasteiger partial charge in [-0.25, -0.2) is 4.79 Å². The number of hydrogen-bond donors (Lipinski definition) is 1. The number of likely N-dealkylation sites (tertiary alicyclic amines) is 1. The summed E-state index contributed by atoms with van der Waals surface area (Å²) in [4.78, 5) is 14.4. The van der Waals surface area contributed by atoms with Crippen LogP contribution in [-0.2, 0) is 0 Å². The number of hydrogen-bond acceptors (Lipinski definition) is 6. The number of aromatic nitrogens is 2. The van der Waals surface area contributed by atoms with Gasteiger partial charge in [0.05, 0.1) is 20.3 Å². The number of carbonyl (C=O) groups excluding carboxylic acids is 1. The van der Waals surface area contributed by atoms with Crippen molar-refractivity contribution in [1.82, 2.24) is 15.1 Å². The first-order chi connectivity index (χ1) is 11.6. The molecule has 0 saturated carbocycles. The fraction of sp³-hybridized carbons (Fsp3) is 0.438. The average Bonchev–Trinajstić information content (AvgIpc) is 3.23. The Morgan fingerprint density at radius 3 is 2.83 bits per heavy atom. The van der Waals surface area contributed by atoms with Crippen LogP contribution < -0.4 is 14.8 Å². The van der Waals surface area contributed by atoms with Crippen molar-refractivity contribution in [2.24, 2.45) is 0 Å². The maximum Gasteiger partial charge on any atom is 0.324 e. The van der Waals surface area contributed by atoms with Crippen LogP contribution in [0.3, 0.4) is 0 Å². The van der Waals surface area contributed by atoms with Crippen molar-refractivity contribution in [1.29, 1.82) is 0 Å². The Balaban J connectivity index is 1.81. The highest BCUT2D eigenvalue weighted by atomic mass is 32.1. The predicted molar refractivity (Wildman–Crippen MR) is 91.9 cm³/mol. The van der Waals surface area contributed by atoms with E-state index in [-0.39, 0.29) is 12.1 Å². The third-order valence-electron chi connectivity index (χ3n) is 4.05. The summed E-state index contributed by atoms with van der Waals surface area (Å²) in [5.41, 5.74) is 0.986. The Morgan fingerprint density at radius 1 is 1.33 bits per heavy atom. The lowest BCUT2D eigenvalue weighted by atomic mass is 10.0. The number of aryl methyl sites for hydroxylation is 1. The zero-order valence-electron chi connectivity index (χ0n) is 13.9. The van der Waals surface area contributed by atoms with E-state index in [2.05, 4.69) is 15.5 Å². The lowest BCUT2D eigenvalue weighted by Gasteiger charge is -2.26. The third-order valence-corrected chi connectivity index (χ3v) is 4.81. The molecule has 1 unspecified atom stereocenters. The molecule has 1 N–H and O–H groups in total. The van der Waals surface area contributed by atoms with Crippen LogP contribution in [0.25, 0.3) is 0 Å². The van der Waals surface area contributed by atoms with Crippen LogP contribution in [0.5, 0.6) is 11.5 Å². The van der Waals surface area contributed by atoms with Gasteiger partial charge in [-0.3, -0.25) is 5.32 Å². The predicted octanol–water partition coefficient (Wildman–Crippen LogP) is 3.23. The van der Waals surface area contributed by atoms with Gasteiger partial charge in [-0.05, 0) is 31.9 Å². The van der Waals surface area contributed by atoms with Gasteiger partial charge in [-0.15, -0.1) is 10.2 Å². The molecular weight excluding hydrogens is 328 g/mol. The summed E-state index contributed by atoms with van der Waals surface area (Å²) in [5.74, 6) is 1.46. The number of nitrogens with zero attached hydrogens (tertiary/aromatic N) is 3. The van der Waals surface area contributed by atoms with E-state index < -0.39 is 0 Å². The standard InChI is InChI=1S/C16H20N4O3S/c1-10-18-19-15(24-10)17-16(21)20-8-4-5-13(20)12-7-6-11(22-2)9-14(12)23-3/h6-7,9,13H,4-5,8H2,1-3H3,(H,17,19,21). The molecule has 7 nitrogen and oxygen atoms in total. The number of carbonyl (C=O) groups is 1. The Hall–Kier alpha value is -2.35. The van der Waals surface area contributed by atoms with E-state index in [0.717, 1.165) is 34.9 Å². The SMILES string of the molecule is COc1ccc(C2CCCN2C(=O)Nc2nnc(C)s2)c(OC)c1. The second-order valence-corrected chi connectivity index (χ2v) is 6.70. The Morgan fingerprint density at radius 2 is 2.17 bits per heavy atom. The zero-order chi connectivity index (χ0) is 17.1. The van der Waals surface area contributed by atoms with Gasteiger partial charge in [-0.2, -0.15) is 0 Å². The number of methoxy groups -OCH3 is 2. The van der Waals surface area contributed by atoms with Crippen molar-refractivity contribution in [2.45, 2.75) is 25.8 Å². The Bertz CT molecular complexity index is 734. The molecule has 2 aromatic rings. The van der Waals surface area contributed by atoms with E-state index in [1.807, 2.05) is 30.0 Å². The van der Waals surface area contributed by atoms with Crippen molar-refractivity contribution in [3.63, 3.8) is 0 Å². The average molecular weight is 348 g/mol. The molecule has 1 aliphatic rings. The van der Waals surface area contributed by atoms with Crippen LogP contribution in [-0.4, -0.2) is 41.9 Å². The van der Waals surface area contributed by atoms with Crippen LogP contribution in [0.4, 0.5) is 9.93 Å². The fourth-order valence-electron chi connectivity index (χ4n) is 2.94. The molecule has 1 aromatic carbocycles. The number of urea groups is 1. The van der Waals surface area contributed by atoms with Crippen LogP contribution in [0.2, 0.25) is 0 Å². The smallest absolute Gasteiger partial charge is 0.324 e. The monoisotopic (exact) mass is 348 g/mol. The first-order valence-electron chi connectivity index (χ1n) is 7.72. The van der Waals surface area contributed by atoms with Crippen LogP contribution in [0, 0.1) is 6.92 Å². The number of rotatable bonds is 4. The summed E-state index contributed by atoms with van der Waals surface area (Å²) in [6, 6.07) is 5.51. The molecule has 1 atom stereocenters. The maximum absolute atomic E-state index is 12.6. The second kappa shape index (κ2) is 7.04. The van der Waals surface area contributed by atoms with Crippen molar-refractivity contribution < 1.29 is 14.3 Å².